The number of thioether (sulfide) groups is 1. The number of hydrogen-bond acceptors (Lipinski definition) is 6. The van der Waals surface area contributed by atoms with Crippen molar-refractivity contribution in [3.63, 3.8) is 0 Å². The number of carbonyl (C=O) groups is 1. The van der Waals surface area contributed by atoms with Crippen LogP contribution in [-0.2, 0) is 14.3 Å². The van der Waals surface area contributed by atoms with Gasteiger partial charge in [0.25, 0.3) is 0 Å². The van der Waals surface area contributed by atoms with Gasteiger partial charge < -0.3 is 19.7 Å². The molecule has 2 heterocycles. The average Bonchev–Trinajstić information content (AvgIpc) is 2.34. The van der Waals surface area contributed by atoms with Gasteiger partial charge in [0, 0.05) is 12.8 Å². The maximum absolute atomic E-state index is 12.0. The van der Waals surface area contributed by atoms with Gasteiger partial charge in [0.05, 0.1) is 11.0 Å². The Morgan fingerprint density at radius 3 is 2.68 bits per heavy atom. The quantitative estimate of drug-likeness (QED) is 0.686. The largest absolute Gasteiger partial charge is 0.467 e. The molecule has 0 aromatic rings. The van der Waals surface area contributed by atoms with Crippen LogP contribution in [0, 0.1) is 5.92 Å². The number of Topliss-reactive ketones (excluding diaryl/α,β-unsaturated/α-hetero) is 1. The summed E-state index contributed by atoms with van der Waals surface area (Å²) in [6.45, 7) is 3.72. The summed E-state index contributed by atoms with van der Waals surface area (Å²) in [5, 5.41) is 19.5. The van der Waals surface area contributed by atoms with E-state index >= 15 is 0 Å². The molecule has 6 atom stereocenters. The van der Waals surface area contributed by atoms with E-state index in [1.165, 1.54) is 11.8 Å². The van der Waals surface area contributed by atoms with E-state index in [1.54, 1.807) is 6.92 Å². The Labute approximate surface area is 116 Å². The van der Waals surface area contributed by atoms with Crippen LogP contribution < -0.4 is 0 Å². The molecule has 19 heavy (non-hydrogen) atoms. The van der Waals surface area contributed by atoms with E-state index in [1.807, 2.05) is 6.92 Å². The maximum Gasteiger partial charge on any atom is 0.214 e. The third-order valence-corrected chi connectivity index (χ3v) is 5.34. The van der Waals surface area contributed by atoms with E-state index in [2.05, 4.69) is 0 Å². The first-order valence-electron chi connectivity index (χ1n) is 6.58. The predicted molar refractivity (Wildman–Crippen MR) is 69.2 cm³/mol. The first-order chi connectivity index (χ1) is 8.97. The highest BCUT2D eigenvalue weighted by atomic mass is 32.2. The Kier molecular flexibility index (Phi) is 3.37. The molecule has 2 N–H and O–H groups in total. The minimum atomic E-state index is -0.947. The molecule has 0 spiro atoms. The molecule has 0 aromatic carbocycles. The highest BCUT2D eigenvalue weighted by molar-refractivity contribution is 8.04. The summed E-state index contributed by atoms with van der Waals surface area (Å²) in [5.74, 6) is 1.03. The van der Waals surface area contributed by atoms with Gasteiger partial charge in [-0.05, 0) is 12.8 Å². The van der Waals surface area contributed by atoms with Crippen molar-refractivity contribution in [2.45, 2.75) is 56.5 Å². The van der Waals surface area contributed by atoms with Gasteiger partial charge in [-0.15, -0.1) is 11.8 Å². The summed E-state index contributed by atoms with van der Waals surface area (Å²) in [6, 6.07) is 0. The van der Waals surface area contributed by atoms with Gasteiger partial charge in [0.1, 0.15) is 23.2 Å². The number of allylic oxidation sites excluding steroid dienone is 2. The molecule has 1 aliphatic carbocycles. The van der Waals surface area contributed by atoms with Crippen molar-refractivity contribution in [1.82, 2.24) is 0 Å². The normalized spacial score (nSPS) is 46.4. The highest BCUT2D eigenvalue weighted by Crippen LogP contribution is 2.45. The van der Waals surface area contributed by atoms with Crippen LogP contribution in [0.25, 0.3) is 0 Å². The van der Waals surface area contributed by atoms with E-state index in [4.69, 9.17) is 9.47 Å². The van der Waals surface area contributed by atoms with Crippen LogP contribution in [0.2, 0.25) is 0 Å². The van der Waals surface area contributed by atoms with E-state index in [-0.39, 0.29) is 11.7 Å². The molecule has 0 aromatic heterocycles. The van der Waals surface area contributed by atoms with Crippen LogP contribution in [0.4, 0.5) is 0 Å². The molecule has 1 fully saturated rings. The number of aliphatic hydroxyl groups excluding tert-OH is 2. The predicted octanol–water partition coefficient (Wildman–Crippen LogP) is 0.796. The second kappa shape index (κ2) is 4.77. The molecule has 0 saturated carbocycles. The summed E-state index contributed by atoms with van der Waals surface area (Å²) < 4.78 is 11.4. The lowest BCUT2D eigenvalue weighted by Crippen LogP contribution is -2.57. The Balaban J connectivity index is 1.88. The number of carbonyl (C=O) groups excluding carboxylic acids is 1. The number of aliphatic hydroxyl groups is 2. The molecule has 0 bridgehead atoms. The SMILES string of the molecule is CC1CC(=O)C2=C(C1)OC1OC(C)C(O)C(O)C1S2. The average molecular weight is 286 g/mol. The third-order valence-electron chi connectivity index (χ3n) is 3.87. The van der Waals surface area contributed by atoms with Crippen LogP contribution >= 0.6 is 11.8 Å². The molecule has 0 radical (unpaired) electrons. The highest BCUT2D eigenvalue weighted by Gasteiger charge is 2.49. The lowest BCUT2D eigenvalue weighted by molar-refractivity contribution is -0.231. The molecule has 3 rings (SSSR count). The van der Waals surface area contributed by atoms with Crippen molar-refractivity contribution in [2.24, 2.45) is 5.92 Å². The molecule has 3 aliphatic rings. The van der Waals surface area contributed by atoms with Crippen molar-refractivity contribution in [1.29, 1.82) is 0 Å². The molecule has 0 amide bonds. The Hall–Kier alpha value is -0.560. The van der Waals surface area contributed by atoms with Gasteiger partial charge in [-0.25, -0.2) is 0 Å². The molecular formula is C13H18O5S. The van der Waals surface area contributed by atoms with Gasteiger partial charge in [0.2, 0.25) is 6.29 Å². The number of hydrogen-bond donors (Lipinski definition) is 2. The van der Waals surface area contributed by atoms with E-state index in [0.717, 1.165) is 6.42 Å². The van der Waals surface area contributed by atoms with Crippen molar-refractivity contribution in [3.8, 4) is 0 Å². The summed E-state index contributed by atoms with van der Waals surface area (Å²) in [6.07, 6.45) is -1.71. The van der Waals surface area contributed by atoms with Gasteiger partial charge in [-0.2, -0.15) is 0 Å². The zero-order chi connectivity index (χ0) is 13.7. The van der Waals surface area contributed by atoms with Gasteiger partial charge in [0.15, 0.2) is 5.78 Å². The Bertz CT molecular complexity index is 435. The van der Waals surface area contributed by atoms with E-state index in [0.29, 0.717) is 17.1 Å². The van der Waals surface area contributed by atoms with Crippen molar-refractivity contribution < 1.29 is 24.5 Å². The van der Waals surface area contributed by atoms with Crippen LogP contribution in [-0.4, -0.2) is 45.8 Å². The summed E-state index contributed by atoms with van der Waals surface area (Å²) in [4.78, 5) is 12.6. The van der Waals surface area contributed by atoms with Gasteiger partial charge in [-0.1, -0.05) is 6.92 Å². The first kappa shape index (κ1) is 13.4. The lowest BCUT2D eigenvalue weighted by Gasteiger charge is -2.45. The van der Waals surface area contributed by atoms with Gasteiger partial charge in [-0.3, -0.25) is 4.79 Å². The molecule has 106 valence electrons. The van der Waals surface area contributed by atoms with Gasteiger partial charge >= 0.3 is 0 Å². The number of ketones is 1. The number of ether oxygens (including phenoxy) is 2. The second-order valence-corrected chi connectivity index (χ2v) is 6.77. The van der Waals surface area contributed by atoms with Crippen LogP contribution in [0.1, 0.15) is 26.7 Å². The fraction of sp³-hybridized carbons (Fsp3) is 0.769. The van der Waals surface area contributed by atoms with Crippen LogP contribution in [0.15, 0.2) is 10.7 Å². The van der Waals surface area contributed by atoms with Crippen LogP contribution in [0.5, 0.6) is 0 Å². The van der Waals surface area contributed by atoms with Crippen LogP contribution in [0.3, 0.4) is 0 Å². The number of fused-ring (bicyclic) bond motifs is 1. The fourth-order valence-corrected chi connectivity index (χ4v) is 4.06. The molecule has 5 nitrogen and oxygen atoms in total. The monoisotopic (exact) mass is 286 g/mol. The topological polar surface area (TPSA) is 76.0 Å². The fourth-order valence-electron chi connectivity index (χ4n) is 2.78. The van der Waals surface area contributed by atoms with Crippen molar-refractivity contribution >= 4 is 17.5 Å². The Morgan fingerprint density at radius 1 is 1.21 bits per heavy atom. The third kappa shape index (κ3) is 2.20. The smallest absolute Gasteiger partial charge is 0.214 e. The summed E-state index contributed by atoms with van der Waals surface area (Å²) >= 11 is 1.29. The first-order valence-corrected chi connectivity index (χ1v) is 7.46. The molecule has 6 unspecified atom stereocenters. The zero-order valence-corrected chi connectivity index (χ0v) is 11.7. The van der Waals surface area contributed by atoms with E-state index < -0.39 is 29.9 Å². The molecular weight excluding hydrogens is 268 g/mol. The van der Waals surface area contributed by atoms with Crippen molar-refractivity contribution in [3.05, 3.63) is 10.7 Å². The number of rotatable bonds is 0. The Morgan fingerprint density at radius 2 is 1.95 bits per heavy atom. The van der Waals surface area contributed by atoms with Crippen molar-refractivity contribution in [2.75, 3.05) is 0 Å². The minimum Gasteiger partial charge on any atom is -0.467 e. The summed E-state index contributed by atoms with van der Waals surface area (Å²) in [7, 11) is 0. The van der Waals surface area contributed by atoms with E-state index in [9.17, 15) is 15.0 Å². The molecule has 1 saturated heterocycles. The second-order valence-electron chi connectivity index (χ2n) is 5.58. The molecule has 6 heteroatoms. The lowest BCUT2D eigenvalue weighted by atomic mass is 9.93. The standard InChI is InChI=1S/C13H18O5S/c1-5-3-7(14)11-8(4-5)18-13-12(19-11)10(16)9(15)6(2)17-13/h5-6,9-10,12-13,15-16H,3-4H2,1-2H3. The summed E-state index contributed by atoms with van der Waals surface area (Å²) in [5.41, 5.74) is 0. The zero-order valence-electron chi connectivity index (χ0n) is 10.9. The maximum atomic E-state index is 12.0. The molecule has 2 aliphatic heterocycles. The minimum absolute atomic E-state index is 0.0671.